The number of carboxylic acid groups (broad SMARTS) is 1. The SMILES string of the molecule is CC(C)(CC1Cc2ccc(SF)cc2C1)NCC(O)COc1cc(CCC(=O)O)ccc1C#N. The molecule has 0 aromatic heterocycles. The van der Waals surface area contributed by atoms with Gasteiger partial charge in [0, 0.05) is 23.4 Å². The second-order valence-electron chi connectivity index (χ2n) is 9.55. The number of benzene rings is 2. The van der Waals surface area contributed by atoms with E-state index < -0.39 is 12.1 Å². The molecule has 0 bridgehead atoms. The highest BCUT2D eigenvalue weighted by Crippen LogP contribution is 2.34. The number of nitrogens with one attached hydrogen (secondary N) is 1. The van der Waals surface area contributed by atoms with E-state index in [2.05, 4.69) is 25.2 Å². The summed E-state index contributed by atoms with van der Waals surface area (Å²) >= 11 is 0.277. The molecule has 0 heterocycles. The van der Waals surface area contributed by atoms with E-state index in [1.807, 2.05) is 18.2 Å². The summed E-state index contributed by atoms with van der Waals surface area (Å²) in [6.07, 6.45) is 2.37. The molecule has 2 unspecified atom stereocenters. The number of hydrogen-bond donors (Lipinski definition) is 3. The molecule has 2 aromatic carbocycles. The molecule has 0 radical (unpaired) electrons. The van der Waals surface area contributed by atoms with Crippen molar-refractivity contribution in [2.75, 3.05) is 13.2 Å². The molecule has 1 aliphatic rings. The number of nitrogens with zero attached hydrogens (tertiary/aromatic N) is 1. The number of hydrogen-bond acceptors (Lipinski definition) is 6. The lowest BCUT2D eigenvalue weighted by atomic mass is 9.88. The Labute approximate surface area is 204 Å². The molecule has 2 aromatic rings. The molecule has 0 aliphatic heterocycles. The zero-order chi connectivity index (χ0) is 24.7. The number of β-amino-alcohol motifs (C(OH)–C–C–N with tert-alkyl or cyclic N) is 1. The van der Waals surface area contributed by atoms with Gasteiger partial charge in [-0.3, -0.25) is 4.79 Å². The zero-order valence-corrected chi connectivity index (χ0v) is 20.3. The predicted octanol–water partition coefficient (Wildman–Crippen LogP) is 4.47. The van der Waals surface area contributed by atoms with E-state index in [1.54, 1.807) is 18.2 Å². The first-order valence-corrected chi connectivity index (χ1v) is 12.1. The van der Waals surface area contributed by atoms with Gasteiger partial charge in [0.2, 0.25) is 0 Å². The highest BCUT2D eigenvalue weighted by Gasteiger charge is 2.29. The summed E-state index contributed by atoms with van der Waals surface area (Å²) in [7, 11) is 0. The van der Waals surface area contributed by atoms with Gasteiger partial charge in [-0.1, -0.05) is 12.1 Å². The number of nitriles is 1. The summed E-state index contributed by atoms with van der Waals surface area (Å²) in [6, 6.07) is 12.8. The third-order valence-electron chi connectivity index (χ3n) is 6.12. The van der Waals surface area contributed by atoms with Crippen LogP contribution in [0, 0.1) is 17.2 Å². The number of aliphatic carboxylic acids is 1. The molecular weight excluding hydrogens is 455 g/mol. The maximum Gasteiger partial charge on any atom is 0.303 e. The number of aryl methyl sites for hydroxylation is 1. The monoisotopic (exact) mass is 486 g/mol. The Morgan fingerprint density at radius 3 is 2.76 bits per heavy atom. The lowest BCUT2D eigenvalue weighted by Gasteiger charge is -2.30. The summed E-state index contributed by atoms with van der Waals surface area (Å²) < 4.78 is 18.6. The van der Waals surface area contributed by atoms with Crippen LogP contribution in [0.2, 0.25) is 0 Å². The van der Waals surface area contributed by atoms with Gasteiger partial charge in [0.25, 0.3) is 0 Å². The smallest absolute Gasteiger partial charge is 0.303 e. The van der Waals surface area contributed by atoms with Crippen LogP contribution < -0.4 is 10.1 Å². The molecule has 3 rings (SSSR count). The van der Waals surface area contributed by atoms with Gasteiger partial charge >= 0.3 is 5.97 Å². The predicted molar refractivity (Wildman–Crippen MR) is 130 cm³/mol. The summed E-state index contributed by atoms with van der Waals surface area (Å²) in [4.78, 5) is 11.4. The fourth-order valence-corrected chi connectivity index (χ4v) is 4.80. The van der Waals surface area contributed by atoms with Crippen LogP contribution in [-0.2, 0) is 24.1 Å². The van der Waals surface area contributed by atoms with Crippen LogP contribution in [0.5, 0.6) is 5.75 Å². The van der Waals surface area contributed by atoms with E-state index in [1.165, 1.54) is 11.1 Å². The van der Waals surface area contributed by atoms with Crippen molar-refractivity contribution in [2.24, 2.45) is 5.92 Å². The van der Waals surface area contributed by atoms with Crippen LogP contribution in [0.4, 0.5) is 3.89 Å². The molecule has 34 heavy (non-hydrogen) atoms. The first kappa shape index (κ1) is 26.0. The third-order valence-corrected chi connectivity index (χ3v) is 6.56. The van der Waals surface area contributed by atoms with Crippen LogP contribution in [0.15, 0.2) is 41.3 Å². The Kier molecular flexibility index (Phi) is 8.95. The van der Waals surface area contributed by atoms with Crippen LogP contribution in [0.3, 0.4) is 0 Å². The van der Waals surface area contributed by atoms with Crippen LogP contribution in [0.1, 0.15) is 48.9 Å². The first-order valence-electron chi connectivity index (χ1n) is 11.4. The quantitative estimate of drug-likeness (QED) is 0.407. The molecule has 6 nitrogen and oxygen atoms in total. The maximum atomic E-state index is 12.9. The van der Waals surface area contributed by atoms with E-state index in [0.717, 1.165) is 24.8 Å². The van der Waals surface area contributed by atoms with Crippen LogP contribution in [-0.4, -0.2) is 41.0 Å². The van der Waals surface area contributed by atoms with Gasteiger partial charge in [-0.15, -0.1) is 0 Å². The number of carboxylic acids is 1. The van der Waals surface area contributed by atoms with Gasteiger partial charge in [0.1, 0.15) is 24.5 Å². The minimum atomic E-state index is -0.888. The van der Waals surface area contributed by atoms with Gasteiger partial charge in [-0.25, -0.2) is 0 Å². The van der Waals surface area contributed by atoms with Crippen molar-refractivity contribution in [3.63, 3.8) is 0 Å². The fraction of sp³-hybridized carbons (Fsp3) is 0.462. The molecule has 1 aliphatic carbocycles. The minimum Gasteiger partial charge on any atom is -0.489 e. The average Bonchev–Trinajstić information content (AvgIpc) is 3.20. The molecule has 0 fully saturated rings. The van der Waals surface area contributed by atoms with E-state index in [-0.39, 0.29) is 30.7 Å². The Balaban J connectivity index is 1.48. The van der Waals surface area contributed by atoms with E-state index >= 15 is 0 Å². The average molecular weight is 487 g/mol. The van der Waals surface area contributed by atoms with Crippen molar-refractivity contribution in [3.05, 3.63) is 58.7 Å². The molecule has 0 spiro atoms. The molecule has 8 heteroatoms. The van der Waals surface area contributed by atoms with Crippen molar-refractivity contribution in [2.45, 2.75) is 62.5 Å². The number of ether oxygens (including phenoxy) is 1. The summed E-state index contributed by atoms with van der Waals surface area (Å²) in [5.41, 5.74) is 3.40. The zero-order valence-electron chi connectivity index (χ0n) is 19.5. The van der Waals surface area contributed by atoms with Crippen molar-refractivity contribution >= 4 is 18.1 Å². The van der Waals surface area contributed by atoms with E-state index in [4.69, 9.17) is 9.84 Å². The summed E-state index contributed by atoms with van der Waals surface area (Å²) in [6.45, 7) is 4.55. The molecule has 0 saturated carbocycles. The second kappa shape index (κ2) is 11.7. The van der Waals surface area contributed by atoms with Crippen LogP contribution >= 0.6 is 12.1 Å². The van der Waals surface area contributed by atoms with Crippen molar-refractivity contribution in [1.29, 1.82) is 5.26 Å². The molecule has 182 valence electrons. The number of fused-ring (bicyclic) bond motifs is 1. The number of carbonyl (C=O) groups is 1. The van der Waals surface area contributed by atoms with Gasteiger partial charge in [-0.2, -0.15) is 9.15 Å². The molecule has 3 N–H and O–H groups in total. The highest BCUT2D eigenvalue weighted by atomic mass is 32.2. The number of aliphatic hydroxyl groups is 1. The summed E-state index contributed by atoms with van der Waals surface area (Å²) in [5, 5.41) is 32.1. The van der Waals surface area contributed by atoms with Crippen molar-refractivity contribution < 1.29 is 23.6 Å². The van der Waals surface area contributed by atoms with Gasteiger partial charge < -0.3 is 20.3 Å². The molecule has 0 amide bonds. The lowest BCUT2D eigenvalue weighted by Crippen LogP contribution is -2.46. The van der Waals surface area contributed by atoms with Crippen LogP contribution in [0.25, 0.3) is 0 Å². The number of rotatable bonds is 12. The number of halogens is 1. The molecule has 2 atom stereocenters. The minimum absolute atomic E-state index is 0.00494. The molecule has 0 saturated heterocycles. The first-order chi connectivity index (χ1) is 16.2. The van der Waals surface area contributed by atoms with Crippen molar-refractivity contribution in [1.82, 2.24) is 5.32 Å². The van der Waals surface area contributed by atoms with Gasteiger partial charge in [-0.05, 0) is 86.4 Å². The van der Waals surface area contributed by atoms with Gasteiger partial charge in [0.05, 0.1) is 17.7 Å². The Morgan fingerprint density at radius 1 is 1.29 bits per heavy atom. The van der Waals surface area contributed by atoms with E-state index in [9.17, 15) is 19.0 Å². The Morgan fingerprint density at radius 2 is 2.06 bits per heavy atom. The van der Waals surface area contributed by atoms with Gasteiger partial charge in [0.15, 0.2) is 0 Å². The Hall–Kier alpha value is -2.60. The number of aliphatic hydroxyl groups excluding tert-OH is 1. The highest BCUT2D eigenvalue weighted by molar-refractivity contribution is 7.94. The lowest BCUT2D eigenvalue weighted by molar-refractivity contribution is -0.136. The maximum absolute atomic E-state index is 12.9. The second-order valence-corrected chi connectivity index (χ2v) is 10.2. The molecular formula is C26H31FN2O4S. The standard InChI is InChI=1S/C26H31FN2O4S/c1-26(2,13-18-9-19-6-7-23(34-27)12-21(19)10-18)29-15-22(30)16-33-24-11-17(4-8-25(31)32)3-5-20(24)14-28/h3,5-7,11-12,18,22,29-30H,4,8-10,13,15-16H2,1-2H3,(H,31,32). The fourth-order valence-electron chi connectivity index (χ4n) is 4.50. The van der Waals surface area contributed by atoms with E-state index in [0.29, 0.717) is 35.1 Å². The largest absolute Gasteiger partial charge is 0.489 e. The summed E-state index contributed by atoms with van der Waals surface area (Å²) in [5.74, 6) is -0.0864. The topological polar surface area (TPSA) is 103 Å². The third kappa shape index (κ3) is 7.45. The Bertz CT molecular complexity index is 1050. The normalized spacial score (nSPS) is 16.0. The van der Waals surface area contributed by atoms with Crippen molar-refractivity contribution in [3.8, 4) is 11.8 Å².